The number of nitrogens with zero attached hydrogens (tertiary/aromatic N) is 3. The van der Waals surface area contributed by atoms with Crippen molar-refractivity contribution in [2.24, 2.45) is 4.99 Å². The first-order chi connectivity index (χ1) is 15.1. The number of guanidine groups is 1. The Labute approximate surface area is 188 Å². The molecule has 2 fully saturated rings. The molecule has 1 aromatic rings. The highest BCUT2D eigenvalue weighted by Gasteiger charge is 2.43. The fourth-order valence-electron chi connectivity index (χ4n) is 5.42. The summed E-state index contributed by atoms with van der Waals surface area (Å²) in [6.07, 6.45) is 5.88. The number of hydrogen-bond acceptors (Lipinski definition) is 4. The number of rotatable bonds is 6. The number of aliphatic imine (C=N–C) groups is 1. The number of fused-ring (bicyclic) bond motifs is 1. The van der Waals surface area contributed by atoms with E-state index in [1.54, 1.807) is 0 Å². The maximum atomic E-state index is 6.54. The lowest BCUT2D eigenvalue weighted by atomic mass is 9.86. The number of nitrogens with one attached hydrogen (secondary N) is 2. The fourth-order valence-corrected chi connectivity index (χ4v) is 5.42. The molecule has 0 radical (unpaired) electrons. The van der Waals surface area contributed by atoms with Crippen molar-refractivity contribution in [3.63, 3.8) is 0 Å². The summed E-state index contributed by atoms with van der Waals surface area (Å²) < 4.78 is 6.54. The molecule has 0 aromatic heterocycles. The van der Waals surface area contributed by atoms with E-state index in [1.165, 1.54) is 31.5 Å². The molecular weight excluding hydrogens is 386 g/mol. The first kappa shape index (κ1) is 22.4. The Kier molecular flexibility index (Phi) is 7.39. The molecule has 172 valence electrons. The summed E-state index contributed by atoms with van der Waals surface area (Å²) in [5, 5.41) is 7.26. The summed E-state index contributed by atoms with van der Waals surface area (Å²) >= 11 is 0. The van der Waals surface area contributed by atoms with Crippen molar-refractivity contribution in [1.82, 2.24) is 20.4 Å². The highest BCUT2D eigenvalue weighted by Crippen LogP contribution is 2.46. The topological polar surface area (TPSA) is 52.1 Å². The first-order valence-electron chi connectivity index (χ1n) is 12.4. The van der Waals surface area contributed by atoms with E-state index in [0.717, 1.165) is 63.7 Å². The van der Waals surface area contributed by atoms with E-state index in [-0.39, 0.29) is 11.6 Å². The molecule has 1 aliphatic carbocycles. The summed E-state index contributed by atoms with van der Waals surface area (Å²) in [5.74, 6) is 1.97. The molecule has 1 aromatic carbocycles. The molecule has 6 heteroatoms. The first-order valence-corrected chi connectivity index (χ1v) is 12.4. The molecule has 1 spiro atoms. The predicted octanol–water partition coefficient (Wildman–Crippen LogP) is 3.40. The van der Waals surface area contributed by atoms with Crippen molar-refractivity contribution in [1.29, 1.82) is 0 Å². The molecule has 31 heavy (non-hydrogen) atoms. The van der Waals surface area contributed by atoms with Crippen LogP contribution in [0.4, 0.5) is 0 Å². The normalized spacial score (nSPS) is 25.1. The second-order valence-corrected chi connectivity index (χ2v) is 9.47. The van der Waals surface area contributed by atoms with Crippen LogP contribution in [-0.2, 0) is 0 Å². The van der Waals surface area contributed by atoms with Crippen molar-refractivity contribution in [3.8, 4) is 5.75 Å². The van der Waals surface area contributed by atoms with E-state index in [0.29, 0.717) is 6.04 Å². The van der Waals surface area contributed by atoms with Crippen LogP contribution in [0.1, 0.15) is 64.5 Å². The number of benzene rings is 1. The van der Waals surface area contributed by atoms with Crippen LogP contribution in [0.2, 0.25) is 0 Å². The van der Waals surface area contributed by atoms with Gasteiger partial charge in [-0.2, -0.15) is 0 Å². The van der Waals surface area contributed by atoms with Crippen molar-refractivity contribution < 1.29 is 4.74 Å². The van der Waals surface area contributed by atoms with Gasteiger partial charge in [-0.05, 0) is 52.1 Å². The van der Waals surface area contributed by atoms with Gasteiger partial charge in [0.05, 0.1) is 12.6 Å². The molecule has 0 bridgehead atoms. The van der Waals surface area contributed by atoms with E-state index in [4.69, 9.17) is 9.73 Å². The van der Waals surface area contributed by atoms with Gasteiger partial charge in [0.15, 0.2) is 5.96 Å². The molecule has 2 aliphatic heterocycles. The van der Waals surface area contributed by atoms with Crippen LogP contribution in [0.5, 0.6) is 5.75 Å². The Balaban J connectivity index is 1.43. The third kappa shape index (κ3) is 5.35. The SMILES string of the molecule is CCNC(=NCC(C)N1CCN(CC)CC1)NC1CC2(CCCC2)Oc2ccccc21. The molecule has 1 saturated heterocycles. The zero-order valence-corrected chi connectivity index (χ0v) is 19.7. The van der Waals surface area contributed by atoms with E-state index < -0.39 is 0 Å². The number of ether oxygens (including phenoxy) is 1. The van der Waals surface area contributed by atoms with Gasteiger partial charge in [0.25, 0.3) is 0 Å². The van der Waals surface area contributed by atoms with Crippen LogP contribution in [0.3, 0.4) is 0 Å². The van der Waals surface area contributed by atoms with Gasteiger partial charge in [-0.15, -0.1) is 0 Å². The van der Waals surface area contributed by atoms with Crippen LogP contribution >= 0.6 is 0 Å². The van der Waals surface area contributed by atoms with Gasteiger partial charge in [-0.25, -0.2) is 0 Å². The Morgan fingerprint density at radius 3 is 2.61 bits per heavy atom. The van der Waals surface area contributed by atoms with Crippen LogP contribution in [-0.4, -0.2) is 73.2 Å². The zero-order chi connectivity index (χ0) is 21.7. The maximum absolute atomic E-state index is 6.54. The number of para-hydroxylation sites is 1. The van der Waals surface area contributed by atoms with Gasteiger partial charge in [0, 0.05) is 50.7 Å². The molecule has 2 heterocycles. The predicted molar refractivity (Wildman–Crippen MR) is 128 cm³/mol. The van der Waals surface area contributed by atoms with Crippen molar-refractivity contribution >= 4 is 5.96 Å². The van der Waals surface area contributed by atoms with Crippen molar-refractivity contribution in [2.75, 3.05) is 45.8 Å². The third-order valence-electron chi connectivity index (χ3n) is 7.36. The highest BCUT2D eigenvalue weighted by atomic mass is 16.5. The molecule has 2 N–H and O–H groups in total. The van der Waals surface area contributed by atoms with Gasteiger partial charge in [0.1, 0.15) is 11.4 Å². The standard InChI is InChI=1S/C25H41N5O/c1-4-26-24(27-19-20(3)30-16-14-29(5-2)15-17-30)28-22-18-25(12-8-9-13-25)31-23-11-7-6-10-21(22)23/h6-7,10-11,20,22H,4-5,8-9,12-19H2,1-3H3,(H2,26,27,28). The molecule has 2 atom stereocenters. The third-order valence-corrected chi connectivity index (χ3v) is 7.36. The van der Waals surface area contributed by atoms with Crippen LogP contribution in [0.25, 0.3) is 0 Å². The zero-order valence-electron chi connectivity index (χ0n) is 19.7. The molecule has 4 rings (SSSR count). The minimum atomic E-state index is -0.00438. The maximum Gasteiger partial charge on any atom is 0.191 e. The largest absolute Gasteiger partial charge is 0.487 e. The van der Waals surface area contributed by atoms with Crippen molar-refractivity contribution in [3.05, 3.63) is 29.8 Å². The monoisotopic (exact) mass is 427 g/mol. The fraction of sp³-hybridized carbons (Fsp3) is 0.720. The number of piperazine rings is 1. The van der Waals surface area contributed by atoms with E-state index in [9.17, 15) is 0 Å². The lowest BCUT2D eigenvalue weighted by molar-refractivity contribution is 0.0396. The molecular formula is C25H41N5O. The van der Waals surface area contributed by atoms with Gasteiger partial charge in [0.2, 0.25) is 0 Å². The minimum absolute atomic E-state index is 0.00438. The van der Waals surface area contributed by atoms with E-state index in [2.05, 4.69) is 65.5 Å². The Hall–Kier alpha value is -1.79. The Morgan fingerprint density at radius 1 is 1.16 bits per heavy atom. The smallest absolute Gasteiger partial charge is 0.191 e. The van der Waals surface area contributed by atoms with Gasteiger partial charge >= 0.3 is 0 Å². The molecule has 1 saturated carbocycles. The second kappa shape index (κ2) is 10.2. The minimum Gasteiger partial charge on any atom is -0.487 e. The van der Waals surface area contributed by atoms with Crippen LogP contribution in [0.15, 0.2) is 29.3 Å². The highest BCUT2D eigenvalue weighted by molar-refractivity contribution is 5.80. The summed E-state index contributed by atoms with van der Waals surface area (Å²) in [7, 11) is 0. The average molecular weight is 428 g/mol. The Bertz CT molecular complexity index is 737. The average Bonchev–Trinajstić information content (AvgIpc) is 3.24. The van der Waals surface area contributed by atoms with E-state index in [1.807, 2.05) is 0 Å². The lowest BCUT2D eigenvalue weighted by Crippen LogP contribution is -2.50. The summed E-state index contributed by atoms with van der Waals surface area (Å²) in [6, 6.07) is 9.23. The van der Waals surface area contributed by atoms with Gasteiger partial charge < -0.3 is 20.3 Å². The molecule has 0 amide bonds. The Morgan fingerprint density at radius 2 is 1.90 bits per heavy atom. The number of likely N-dealkylation sites (N-methyl/N-ethyl adjacent to an activating group) is 1. The van der Waals surface area contributed by atoms with Crippen LogP contribution < -0.4 is 15.4 Å². The number of hydrogen-bond donors (Lipinski definition) is 2. The van der Waals surface area contributed by atoms with E-state index >= 15 is 0 Å². The second-order valence-electron chi connectivity index (χ2n) is 9.47. The summed E-state index contributed by atoms with van der Waals surface area (Å²) in [6.45, 7) is 14.2. The van der Waals surface area contributed by atoms with Gasteiger partial charge in [-0.1, -0.05) is 25.1 Å². The summed E-state index contributed by atoms with van der Waals surface area (Å²) in [4.78, 5) is 10.1. The van der Waals surface area contributed by atoms with Crippen molar-refractivity contribution in [2.45, 2.75) is 70.6 Å². The lowest BCUT2D eigenvalue weighted by Gasteiger charge is -2.40. The molecule has 2 unspecified atom stereocenters. The molecule has 6 nitrogen and oxygen atoms in total. The summed E-state index contributed by atoms with van der Waals surface area (Å²) in [5.41, 5.74) is 1.25. The molecule has 3 aliphatic rings. The van der Waals surface area contributed by atoms with Crippen LogP contribution in [0, 0.1) is 0 Å². The quantitative estimate of drug-likeness (QED) is 0.538. The van der Waals surface area contributed by atoms with Gasteiger partial charge in [-0.3, -0.25) is 9.89 Å².